The summed E-state index contributed by atoms with van der Waals surface area (Å²) in [5.41, 5.74) is 7.05. The second-order valence-electron chi connectivity index (χ2n) is 5.29. The number of nitrogens with zero attached hydrogens (tertiary/aromatic N) is 2. The molecule has 1 aliphatic heterocycles. The molecule has 0 unspecified atom stereocenters. The molecule has 3 N–H and O–H groups in total. The van der Waals surface area contributed by atoms with E-state index in [2.05, 4.69) is 15.1 Å². The van der Waals surface area contributed by atoms with Crippen molar-refractivity contribution >= 4 is 17.4 Å². The minimum Gasteiger partial charge on any atom is -0.369 e. The van der Waals surface area contributed by atoms with Crippen LogP contribution in [0.25, 0.3) is 0 Å². The van der Waals surface area contributed by atoms with Gasteiger partial charge in [0.1, 0.15) is 0 Å². The van der Waals surface area contributed by atoms with Gasteiger partial charge in [0.2, 0.25) is 0 Å². The highest BCUT2D eigenvalue weighted by molar-refractivity contribution is 5.87. The Hall–Kier alpha value is -1.75. The first-order valence-electron chi connectivity index (χ1n) is 6.88. The molecule has 2 fully saturated rings. The fraction of sp³-hybridized carbons (Fsp3) is 0.500. The topological polar surface area (TPSA) is 61.6 Å². The van der Waals surface area contributed by atoms with E-state index in [0.717, 1.165) is 37.9 Å². The van der Waals surface area contributed by atoms with Crippen LogP contribution in [0.5, 0.6) is 0 Å². The normalized spacial score (nSPS) is 20.3. The van der Waals surface area contributed by atoms with E-state index in [1.54, 1.807) is 0 Å². The van der Waals surface area contributed by atoms with Crippen molar-refractivity contribution in [2.75, 3.05) is 36.4 Å². The van der Waals surface area contributed by atoms with Crippen molar-refractivity contribution < 1.29 is 4.79 Å². The van der Waals surface area contributed by atoms with E-state index in [9.17, 15) is 4.79 Å². The fourth-order valence-corrected chi connectivity index (χ4v) is 2.68. The number of rotatable bonds is 3. The van der Waals surface area contributed by atoms with Gasteiger partial charge in [-0.3, -0.25) is 4.90 Å². The Morgan fingerprint density at radius 2 is 1.74 bits per heavy atom. The predicted octanol–water partition coefficient (Wildman–Crippen LogP) is 1.46. The number of nitrogens with two attached hydrogens (primary N) is 1. The minimum absolute atomic E-state index is 0.522. The molecule has 3 rings (SSSR count). The van der Waals surface area contributed by atoms with Crippen molar-refractivity contribution in [2.45, 2.75) is 18.9 Å². The summed E-state index contributed by atoms with van der Waals surface area (Å²) in [5, 5.41) is 2.58. The van der Waals surface area contributed by atoms with Crippen molar-refractivity contribution in [3.05, 3.63) is 24.3 Å². The third-order valence-electron chi connectivity index (χ3n) is 3.88. The summed E-state index contributed by atoms with van der Waals surface area (Å²) in [6, 6.07) is 8.21. The van der Waals surface area contributed by atoms with E-state index >= 15 is 0 Å². The van der Waals surface area contributed by atoms with Crippen LogP contribution in [-0.4, -0.2) is 43.2 Å². The third kappa shape index (κ3) is 2.98. The number of nitrogens with one attached hydrogen (secondary N) is 1. The predicted molar refractivity (Wildman–Crippen MR) is 76.5 cm³/mol. The van der Waals surface area contributed by atoms with Crippen molar-refractivity contribution in [2.24, 2.45) is 5.73 Å². The molecule has 1 aliphatic carbocycles. The molecule has 0 aromatic heterocycles. The Labute approximate surface area is 113 Å². The van der Waals surface area contributed by atoms with Crippen LogP contribution >= 0.6 is 0 Å². The minimum atomic E-state index is -0.522. The summed E-state index contributed by atoms with van der Waals surface area (Å²) in [4.78, 5) is 15.7. The molecule has 1 saturated heterocycles. The zero-order valence-corrected chi connectivity index (χ0v) is 11.0. The molecular weight excluding hydrogens is 240 g/mol. The van der Waals surface area contributed by atoms with Gasteiger partial charge in [0, 0.05) is 43.6 Å². The molecular formula is C14H20N4O. The lowest BCUT2D eigenvalue weighted by Crippen LogP contribution is -2.47. The maximum absolute atomic E-state index is 10.8. The van der Waals surface area contributed by atoms with Crippen LogP contribution in [0, 0.1) is 0 Å². The molecule has 0 bridgehead atoms. The van der Waals surface area contributed by atoms with Gasteiger partial charge in [0.25, 0.3) is 0 Å². The number of urea groups is 1. The molecule has 102 valence electrons. The standard InChI is InChI=1S/C14H20N4O/c15-14(19)16-11-1-3-12(4-2-11)17-7-9-18(10-8-17)13-5-6-13/h1-4,13H,5-10H2,(H3,15,16,19). The highest BCUT2D eigenvalue weighted by Crippen LogP contribution is 2.28. The number of carbonyl (C=O) groups excluding carboxylic acids is 1. The first-order chi connectivity index (χ1) is 9.22. The lowest BCUT2D eigenvalue weighted by Gasteiger charge is -2.36. The summed E-state index contributed by atoms with van der Waals surface area (Å²) in [7, 11) is 0. The molecule has 0 radical (unpaired) electrons. The second kappa shape index (κ2) is 5.09. The first-order valence-corrected chi connectivity index (χ1v) is 6.88. The van der Waals surface area contributed by atoms with Gasteiger partial charge in [0.05, 0.1) is 0 Å². The Bertz CT molecular complexity index is 447. The molecule has 1 aromatic carbocycles. The van der Waals surface area contributed by atoms with Crippen LogP contribution in [0.1, 0.15) is 12.8 Å². The Balaban J connectivity index is 1.58. The van der Waals surface area contributed by atoms with Gasteiger partial charge in [-0.1, -0.05) is 0 Å². The number of anilines is 2. The zero-order chi connectivity index (χ0) is 13.2. The second-order valence-corrected chi connectivity index (χ2v) is 5.29. The molecule has 2 amide bonds. The summed E-state index contributed by atoms with van der Waals surface area (Å²) in [6.07, 6.45) is 2.76. The molecule has 5 nitrogen and oxygen atoms in total. The number of benzene rings is 1. The molecule has 1 heterocycles. The fourth-order valence-electron chi connectivity index (χ4n) is 2.68. The van der Waals surface area contributed by atoms with E-state index in [-0.39, 0.29) is 0 Å². The largest absolute Gasteiger partial charge is 0.369 e. The van der Waals surface area contributed by atoms with Gasteiger partial charge in [-0.2, -0.15) is 0 Å². The first kappa shape index (κ1) is 12.3. The lowest BCUT2D eigenvalue weighted by molar-refractivity contribution is 0.248. The quantitative estimate of drug-likeness (QED) is 0.865. The average Bonchev–Trinajstić information content (AvgIpc) is 3.24. The molecule has 1 aromatic rings. The van der Waals surface area contributed by atoms with Gasteiger partial charge in [-0.05, 0) is 37.1 Å². The Kier molecular flexibility index (Phi) is 3.29. The van der Waals surface area contributed by atoms with Crippen LogP contribution in [0.15, 0.2) is 24.3 Å². The maximum Gasteiger partial charge on any atom is 0.316 e. The molecule has 1 saturated carbocycles. The van der Waals surface area contributed by atoms with Gasteiger partial charge < -0.3 is 16.0 Å². The lowest BCUT2D eigenvalue weighted by atomic mass is 10.2. The monoisotopic (exact) mass is 260 g/mol. The third-order valence-corrected chi connectivity index (χ3v) is 3.88. The van der Waals surface area contributed by atoms with Crippen molar-refractivity contribution in [3.8, 4) is 0 Å². The van der Waals surface area contributed by atoms with Gasteiger partial charge in [-0.25, -0.2) is 4.79 Å². The van der Waals surface area contributed by atoms with Gasteiger partial charge >= 0.3 is 6.03 Å². The zero-order valence-electron chi connectivity index (χ0n) is 11.0. The number of carbonyl (C=O) groups is 1. The van der Waals surface area contributed by atoms with Gasteiger partial charge in [-0.15, -0.1) is 0 Å². The Morgan fingerprint density at radius 1 is 1.11 bits per heavy atom. The molecule has 5 heteroatoms. The van der Waals surface area contributed by atoms with E-state index in [0.29, 0.717) is 0 Å². The van der Waals surface area contributed by atoms with Crippen LogP contribution in [0.3, 0.4) is 0 Å². The molecule has 0 atom stereocenters. The molecule has 0 spiro atoms. The summed E-state index contributed by atoms with van der Waals surface area (Å²) >= 11 is 0. The smallest absolute Gasteiger partial charge is 0.316 e. The van der Waals surface area contributed by atoms with Crippen molar-refractivity contribution in [1.82, 2.24) is 4.90 Å². The highest BCUT2D eigenvalue weighted by Gasteiger charge is 2.31. The maximum atomic E-state index is 10.8. The van der Waals surface area contributed by atoms with Crippen LogP contribution < -0.4 is 16.0 Å². The van der Waals surface area contributed by atoms with Crippen molar-refractivity contribution in [3.63, 3.8) is 0 Å². The SMILES string of the molecule is NC(=O)Nc1ccc(N2CCN(C3CC3)CC2)cc1. The van der Waals surface area contributed by atoms with Gasteiger partial charge in [0.15, 0.2) is 0 Å². The van der Waals surface area contributed by atoms with E-state index in [4.69, 9.17) is 5.73 Å². The van der Waals surface area contributed by atoms with Crippen LogP contribution in [0.2, 0.25) is 0 Å². The average molecular weight is 260 g/mol. The number of hydrogen-bond acceptors (Lipinski definition) is 3. The van der Waals surface area contributed by atoms with Crippen LogP contribution in [0.4, 0.5) is 16.2 Å². The number of piperazine rings is 1. The van der Waals surface area contributed by atoms with E-state index in [1.807, 2.05) is 24.3 Å². The molecule has 19 heavy (non-hydrogen) atoms. The summed E-state index contributed by atoms with van der Waals surface area (Å²) in [6.45, 7) is 4.48. The van der Waals surface area contributed by atoms with E-state index < -0.39 is 6.03 Å². The summed E-state index contributed by atoms with van der Waals surface area (Å²) in [5.74, 6) is 0. The molecule has 2 aliphatic rings. The highest BCUT2D eigenvalue weighted by atomic mass is 16.2. The Morgan fingerprint density at radius 3 is 2.26 bits per heavy atom. The summed E-state index contributed by atoms with van der Waals surface area (Å²) < 4.78 is 0. The number of amides is 2. The number of hydrogen-bond donors (Lipinski definition) is 2. The van der Waals surface area contributed by atoms with Crippen LogP contribution in [-0.2, 0) is 0 Å². The number of primary amides is 1. The van der Waals surface area contributed by atoms with E-state index in [1.165, 1.54) is 18.5 Å². The van der Waals surface area contributed by atoms with Crippen molar-refractivity contribution in [1.29, 1.82) is 0 Å².